The van der Waals surface area contributed by atoms with Crippen molar-refractivity contribution in [1.29, 1.82) is 0 Å². The lowest BCUT2D eigenvalue weighted by Gasteiger charge is -2.08. The van der Waals surface area contributed by atoms with Crippen molar-refractivity contribution < 1.29 is 14.7 Å². The molecule has 0 aliphatic carbocycles. The summed E-state index contributed by atoms with van der Waals surface area (Å²) >= 11 is 7.25. The van der Waals surface area contributed by atoms with E-state index in [9.17, 15) is 9.59 Å². The summed E-state index contributed by atoms with van der Waals surface area (Å²) in [6.07, 6.45) is 0. The fraction of sp³-hybridized carbons (Fsp3) is 0.333. The van der Waals surface area contributed by atoms with Crippen LogP contribution in [0.1, 0.15) is 12.5 Å². The largest absolute Gasteiger partial charge is 0.480 e. The van der Waals surface area contributed by atoms with E-state index in [4.69, 9.17) is 16.7 Å². The van der Waals surface area contributed by atoms with Crippen molar-refractivity contribution >= 4 is 35.2 Å². The smallest absolute Gasteiger partial charge is 0.325 e. The van der Waals surface area contributed by atoms with Crippen LogP contribution >= 0.6 is 23.4 Å². The summed E-state index contributed by atoms with van der Waals surface area (Å²) in [5, 5.41) is 11.7. The van der Waals surface area contributed by atoms with E-state index >= 15 is 0 Å². The van der Waals surface area contributed by atoms with Gasteiger partial charge < -0.3 is 10.4 Å². The van der Waals surface area contributed by atoms with Crippen LogP contribution in [0, 0.1) is 0 Å². The third-order valence-electron chi connectivity index (χ3n) is 2.14. The van der Waals surface area contributed by atoms with Gasteiger partial charge in [0.1, 0.15) is 6.04 Å². The molecule has 4 nitrogen and oxygen atoms in total. The molecule has 0 aromatic heterocycles. The Bertz CT molecular complexity index is 439. The van der Waals surface area contributed by atoms with Crippen LogP contribution in [0.3, 0.4) is 0 Å². The van der Waals surface area contributed by atoms with Crippen LogP contribution in [0.15, 0.2) is 24.3 Å². The minimum atomic E-state index is -1.04. The summed E-state index contributed by atoms with van der Waals surface area (Å²) in [7, 11) is 0. The molecule has 0 heterocycles. The number of carbonyl (C=O) groups excluding carboxylic acids is 1. The number of benzene rings is 1. The molecule has 0 unspecified atom stereocenters. The van der Waals surface area contributed by atoms with Gasteiger partial charge in [-0.15, -0.1) is 11.8 Å². The molecule has 18 heavy (non-hydrogen) atoms. The Hall–Kier alpha value is -1.20. The molecule has 0 aliphatic rings. The van der Waals surface area contributed by atoms with Crippen LogP contribution < -0.4 is 5.32 Å². The van der Waals surface area contributed by atoms with Crippen LogP contribution in [0.25, 0.3) is 0 Å². The topological polar surface area (TPSA) is 66.4 Å². The fourth-order valence-corrected chi connectivity index (χ4v) is 2.23. The van der Waals surface area contributed by atoms with Crippen molar-refractivity contribution in [3.8, 4) is 0 Å². The van der Waals surface area contributed by atoms with E-state index in [1.165, 1.54) is 18.7 Å². The summed E-state index contributed by atoms with van der Waals surface area (Å²) in [4.78, 5) is 21.9. The Morgan fingerprint density at radius 2 is 2.22 bits per heavy atom. The van der Waals surface area contributed by atoms with Crippen molar-refractivity contribution in [3.63, 3.8) is 0 Å². The zero-order valence-electron chi connectivity index (χ0n) is 9.85. The molecule has 0 saturated heterocycles. The van der Waals surface area contributed by atoms with Crippen LogP contribution in [0.2, 0.25) is 5.02 Å². The van der Waals surface area contributed by atoms with E-state index in [-0.39, 0.29) is 11.7 Å². The quantitative estimate of drug-likeness (QED) is 0.841. The van der Waals surface area contributed by atoms with Gasteiger partial charge in [-0.05, 0) is 24.6 Å². The number of hydrogen-bond acceptors (Lipinski definition) is 3. The number of hydrogen-bond donors (Lipinski definition) is 2. The first-order chi connectivity index (χ1) is 8.49. The molecular weight excluding hydrogens is 274 g/mol. The number of carbonyl (C=O) groups is 2. The Morgan fingerprint density at radius 1 is 1.50 bits per heavy atom. The first-order valence-electron chi connectivity index (χ1n) is 5.33. The Morgan fingerprint density at radius 3 is 2.83 bits per heavy atom. The number of rotatable bonds is 6. The van der Waals surface area contributed by atoms with Crippen LogP contribution in [-0.2, 0) is 15.3 Å². The SMILES string of the molecule is C[C@@H](NC(=O)CSCc1cccc(Cl)c1)C(=O)O. The van der Waals surface area contributed by atoms with Gasteiger partial charge >= 0.3 is 5.97 Å². The summed E-state index contributed by atoms with van der Waals surface area (Å²) in [5.74, 6) is -0.431. The zero-order chi connectivity index (χ0) is 13.5. The number of carboxylic acids is 1. The maximum Gasteiger partial charge on any atom is 0.325 e. The summed E-state index contributed by atoms with van der Waals surface area (Å²) < 4.78 is 0. The molecule has 6 heteroatoms. The lowest BCUT2D eigenvalue weighted by molar-refractivity contribution is -0.140. The minimum absolute atomic E-state index is 0.226. The van der Waals surface area contributed by atoms with Gasteiger partial charge in [0.15, 0.2) is 0 Å². The standard InChI is InChI=1S/C12H14ClNO3S/c1-8(12(16)17)14-11(15)7-18-6-9-3-2-4-10(13)5-9/h2-5,8H,6-7H2,1H3,(H,14,15)(H,16,17)/t8-/m1/s1. The Kier molecular flexibility index (Phi) is 6.01. The average molecular weight is 288 g/mol. The first-order valence-corrected chi connectivity index (χ1v) is 6.86. The minimum Gasteiger partial charge on any atom is -0.480 e. The van der Waals surface area contributed by atoms with Gasteiger partial charge in [-0.3, -0.25) is 9.59 Å². The fourth-order valence-electron chi connectivity index (χ4n) is 1.23. The molecule has 0 spiro atoms. The second-order valence-corrected chi connectivity index (χ2v) is 5.17. The molecule has 1 aromatic carbocycles. The number of halogens is 1. The molecule has 2 N–H and O–H groups in total. The number of carboxylic acid groups (broad SMARTS) is 1. The lowest BCUT2D eigenvalue weighted by Crippen LogP contribution is -2.39. The number of thioether (sulfide) groups is 1. The van der Waals surface area contributed by atoms with Gasteiger partial charge in [0.05, 0.1) is 5.75 Å². The van der Waals surface area contributed by atoms with E-state index < -0.39 is 12.0 Å². The highest BCUT2D eigenvalue weighted by Crippen LogP contribution is 2.16. The molecule has 0 fully saturated rings. The molecule has 0 bridgehead atoms. The van der Waals surface area contributed by atoms with Crippen LogP contribution in [0.5, 0.6) is 0 Å². The van der Waals surface area contributed by atoms with Crippen LogP contribution in [-0.4, -0.2) is 28.8 Å². The van der Waals surface area contributed by atoms with Gasteiger partial charge in [-0.25, -0.2) is 0 Å². The highest BCUT2D eigenvalue weighted by molar-refractivity contribution is 7.99. The number of amides is 1. The Balaban J connectivity index is 2.29. The van der Waals surface area contributed by atoms with Crippen molar-refractivity contribution in [2.24, 2.45) is 0 Å². The predicted octanol–water partition coefficient (Wildman–Crippen LogP) is 2.16. The second kappa shape index (κ2) is 7.28. The van der Waals surface area contributed by atoms with Gasteiger partial charge in [-0.2, -0.15) is 0 Å². The maximum atomic E-state index is 11.4. The molecule has 1 amide bonds. The summed E-state index contributed by atoms with van der Waals surface area (Å²) in [6.45, 7) is 1.43. The van der Waals surface area contributed by atoms with Gasteiger partial charge in [-0.1, -0.05) is 23.7 Å². The highest BCUT2D eigenvalue weighted by Gasteiger charge is 2.13. The highest BCUT2D eigenvalue weighted by atomic mass is 35.5. The second-order valence-electron chi connectivity index (χ2n) is 3.75. The molecule has 0 aliphatic heterocycles. The maximum absolute atomic E-state index is 11.4. The third kappa shape index (κ3) is 5.42. The first kappa shape index (κ1) is 14.9. The summed E-state index contributed by atoms with van der Waals surface area (Å²) in [5.41, 5.74) is 1.03. The van der Waals surface area contributed by atoms with Crippen molar-refractivity contribution in [2.45, 2.75) is 18.7 Å². The molecule has 1 atom stereocenters. The summed E-state index contributed by atoms with van der Waals surface area (Å²) in [6, 6.07) is 6.55. The molecular formula is C12H14ClNO3S. The monoisotopic (exact) mass is 287 g/mol. The molecule has 98 valence electrons. The van der Waals surface area contributed by atoms with E-state index in [1.807, 2.05) is 18.2 Å². The van der Waals surface area contributed by atoms with Crippen molar-refractivity contribution in [3.05, 3.63) is 34.9 Å². The van der Waals surface area contributed by atoms with E-state index in [0.717, 1.165) is 5.56 Å². The van der Waals surface area contributed by atoms with E-state index in [1.54, 1.807) is 6.07 Å². The molecule has 1 rings (SSSR count). The lowest BCUT2D eigenvalue weighted by atomic mass is 10.2. The molecule has 0 saturated carbocycles. The molecule has 0 radical (unpaired) electrons. The normalized spacial score (nSPS) is 11.9. The van der Waals surface area contributed by atoms with Gasteiger partial charge in [0, 0.05) is 10.8 Å². The third-order valence-corrected chi connectivity index (χ3v) is 3.38. The Labute approximate surface area is 115 Å². The van der Waals surface area contributed by atoms with Crippen molar-refractivity contribution in [1.82, 2.24) is 5.32 Å². The van der Waals surface area contributed by atoms with E-state index in [2.05, 4.69) is 5.32 Å². The number of aliphatic carboxylic acids is 1. The number of nitrogens with one attached hydrogen (secondary N) is 1. The van der Waals surface area contributed by atoms with Crippen LogP contribution in [0.4, 0.5) is 0 Å². The van der Waals surface area contributed by atoms with E-state index in [0.29, 0.717) is 10.8 Å². The average Bonchev–Trinajstić information content (AvgIpc) is 2.28. The predicted molar refractivity (Wildman–Crippen MR) is 72.9 cm³/mol. The molecule has 1 aromatic rings. The van der Waals surface area contributed by atoms with Crippen molar-refractivity contribution in [2.75, 3.05) is 5.75 Å². The zero-order valence-corrected chi connectivity index (χ0v) is 11.4. The van der Waals surface area contributed by atoms with Gasteiger partial charge in [0.25, 0.3) is 0 Å². The van der Waals surface area contributed by atoms with Gasteiger partial charge in [0.2, 0.25) is 5.91 Å².